The summed E-state index contributed by atoms with van der Waals surface area (Å²) in [5, 5.41) is 3.36. The second kappa shape index (κ2) is 5.36. The van der Waals surface area contributed by atoms with Gasteiger partial charge < -0.3 is 9.88 Å². The number of hydrogen-bond donors (Lipinski definition) is 1. The molecule has 0 radical (unpaired) electrons. The molecule has 96 valence electrons. The lowest BCUT2D eigenvalue weighted by molar-refractivity contribution is 0.590. The van der Waals surface area contributed by atoms with Gasteiger partial charge in [-0.25, -0.2) is 4.98 Å². The molecule has 1 atom stereocenters. The Labute approximate surface area is 109 Å². The van der Waals surface area contributed by atoms with E-state index in [4.69, 9.17) is 0 Å². The maximum Gasteiger partial charge on any atom is 0.130 e. The average Bonchev–Trinajstić information content (AvgIpc) is 2.83. The van der Waals surface area contributed by atoms with Gasteiger partial charge in [0.1, 0.15) is 5.82 Å². The van der Waals surface area contributed by atoms with Crippen LogP contribution in [0.2, 0.25) is 0 Å². The maximum atomic E-state index is 4.49. The van der Waals surface area contributed by atoms with Crippen LogP contribution in [0.1, 0.15) is 35.5 Å². The monoisotopic (exact) mass is 243 g/mol. The molecule has 18 heavy (non-hydrogen) atoms. The third-order valence-corrected chi connectivity index (χ3v) is 3.50. The van der Waals surface area contributed by atoms with Crippen molar-refractivity contribution in [1.82, 2.24) is 14.9 Å². The van der Waals surface area contributed by atoms with E-state index in [1.807, 2.05) is 19.4 Å². The summed E-state index contributed by atoms with van der Waals surface area (Å²) in [6, 6.07) is 6.75. The van der Waals surface area contributed by atoms with E-state index in [1.165, 1.54) is 16.7 Å². The van der Waals surface area contributed by atoms with Crippen molar-refractivity contribution in [3.63, 3.8) is 0 Å². The minimum atomic E-state index is 0.152. The van der Waals surface area contributed by atoms with Crippen molar-refractivity contribution in [2.45, 2.75) is 33.4 Å². The number of hydrogen-bond acceptors (Lipinski definition) is 2. The number of nitrogens with one attached hydrogen (secondary N) is 1. The fourth-order valence-corrected chi connectivity index (χ4v) is 2.24. The number of rotatable bonds is 4. The molecule has 0 spiro atoms. The van der Waals surface area contributed by atoms with E-state index in [0.29, 0.717) is 0 Å². The molecule has 1 heterocycles. The lowest BCUT2D eigenvalue weighted by atomic mass is 10.0. The molecular weight excluding hydrogens is 222 g/mol. The second-order valence-corrected chi connectivity index (χ2v) is 4.64. The molecule has 1 aromatic heterocycles. The molecule has 1 aromatic carbocycles. The summed E-state index contributed by atoms with van der Waals surface area (Å²) in [5.41, 5.74) is 3.91. The van der Waals surface area contributed by atoms with Crippen LogP contribution in [0.5, 0.6) is 0 Å². The zero-order valence-electron chi connectivity index (χ0n) is 11.6. The van der Waals surface area contributed by atoms with Crippen molar-refractivity contribution in [3.05, 3.63) is 53.1 Å². The van der Waals surface area contributed by atoms with Crippen LogP contribution >= 0.6 is 0 Å². The Morgan fingerprint density at radius 1 is 1.28 bits per heavy atom. The Hall–Kier alpha value is -1.61. The Morgan fingerprint density at radius 2 is 2.06 bits per heavy atom. The van der Waals surface area contributed by atoms with Gasteiger partial charge in [0.15, 0.2) is 0 Å². The second-order valence-electron chi connectivity index (χ2n) is 4.64. The molecule has 1 N–H and O–H groups in total. The van der Waals surface area contributed by atoms with E-state index >= 15 is 0 Å². The molecule has 0 fully saturated rings. The molecule has 0 saturated heterocycles. The zero-order chi connectivity index (χ0) is 13.1. The smallest absolute Gasteiger partial charge is 0.130 e. The van der Waals surface area contributed by atoms with Gasteiger partial charge in [-0.2, -0.15) is 0 Å². The van der Waals surface area contributed by atoms with Crippen LogP contribution in [0.4, 0.5) is 0 Å². The van der Waals surface area contributed by atoms with Gasteiger partial charge in [-0.3, -0.25) is 0 Å². The Balaban J connectivity index is 2.42. The van der Waals surface area contributed by atoms with E-state index < -0.39 is 0 Å². The number of aryl methyl sites for hydroxylation is 3. The predicted octanol–water partition coefficient (Wildman–Crippen LogP) is 2.83. The topological polar surface area (TPSA) is 29.9 Å². The fraction of sp³-hybridized carbons (Fsp3) is 0.400. The van der Waals surface area contributed by atoms with Crippen LogP contribution in [0.15, 0.2) is 30.6 Å². The van der Waals surface area contributed by atoms with Crippen molar-refractivity contribution in [2.75, 3.05) is 7.05 Å². The molecule has 3 heteroatoms. The van der Waals surface area contributed by atoms with Gasteiger partial charge in [0, 0.05) is 18.9 Å². The van der Waals surface area contributed by atoms with E-state index in [9.17, 15) is 0 Å². The van der Waals surface area contributed by atoms with Crippen molar-refractivity contribution >= 4 is 0 Å². The summed E-state index contributed by atoms with van der Waals surface area (Å²) in [7, 11) is 1.98. The predicted molar refractivity (Wildman–Crippen MR) is 74.7 cm³/mol. The third-order valence-electron chi connectivity index (χ3n) is 3.50. The highest BCUT2D eigenvalue weighted by Gasteiger charge is 2.17. The van der Waals surface area contributed by atoms with Crippen LogP contribution in [0.3, 0.4) is 0 Å². The minimum Gasteiger partial charge on any atom is -0.334 e. The highest BCUT2D eigenvalue weighted by Crippen LogP contribution is 2.22. The zero-order valence-corrected chi connectivity index (χ0v) is 11.6. The number of imidazole rings is 1. The lowest BCUT2D eigenvalue weighted by Gasteiger charge is -2.18. The van der Waals surface area contributed by atoms with Crippen molar-refractivity contribution in [3.8, 4) is 0 Å². The normalized spacial score (nSPS) is 12.7. The Morgan fingerprint density at radius 3 is 2.67 bits per heavy atom. The van der Waals surface area contributed by atoms with Crippen LogP contribution in [0, 0.1) is 13.8 Å². The maximum absolute atomic E-state index is 4.49. The summed E-state index contributed by atoms with van der Waals surface area (Å²) in [6.45, 7) is 7.37. The molecule has 0 saturated carbocycles. The first kappa shape index (κ1) is 12.8. The largest absolute Gasteiger partial charge is 0.334 e. The van der Waals surface area contributed by atoms with Crippen molar-refractivity contribution in [1.29, 1.82) is 0 Å². The van der Waals surface area contributed by atoms with Gasteiger partial charge in [-0.15, -0.1) is 0 Å². The first-order valence-corrected chi connectivity index (χ1v) is 6.42. The highest BCUT2D eigenvalue weighted by atomic mass is 15.1. The number of aromatic nitrogens is 2. The summed E-state index contributed by atoms with van der Waals surface area (Å²) in [6.07, 6.45) is 3.89. The van der Waals surface area contributed by atoms with E-state index in [1.54, 1.807) is 0 Å². The molecule has 0 aliphatic rings. The molecule has 3 nitrogen and oxygen atoms in total. The quantitative estimate of drug-likeness (QED) is 0.895. The first-order valence-electron chi connectivity index (χ1n) is 6.42. The minimum absolute atomic E-state index is 0.152. The molecule has 2 aromatic rings. The van der Waals surface area contributed by atoms with Crippen molar-refractivity contribution < 1.29 is 0 Å². The SMILES string of the molecule is CCn1ccnc1C(NC)c1ccc(C)c(C)c1. The van der Waals surface area contributed by atoms with E-state index in [2.05, 4.69) is 53.8 Å². The molecule has 0 bridgehead atoms. The summed E-state index contributed by atoms with van der Waals surface area (Å²) < 4.78 is 2.18. The van der Waals surface area contributed by atoms with E-state index in [-0.39, 0.29) is 6.04 Å². The molecule has 1 unspecified atom stereocenters. The molecular formula is C15H21N3. The van der Waals surface area contributed by atoms with Crippen LogP contribution < -0.4 is 5.32 Å². The average molecular weight is 243 g/mol. The Bertz CT molecular complexity index is 528. The summed E-state index contributed by atoms with van der Waals surface area (Å²) in [4.78, 5) is 4.49. The van der Waals surface area contributed by atoms with Crippen molar-refractivity contribution in [2.24, 2.45) is 0 Å². The number of nitrogens with zero attached hydrogens (tertiary/aromatic N) is 2. The van der Waals surface area contributed by atoms with Crippen LogP contribution in [-0.2, 0) is 6.54 Å². The highest BCUT2D eigenvalue weighted by molar-refractivity contribution is 5.34. The molecule has 0 amide bonds. The standard InChI is InChI=1S/C15H21N3/c1-5-18-9-8-17-15(18)14(16-4)13-7-6-11(2)12(3)10-13/h6-10,14,16H,5H2,1-4H3. The van der Waals surface area contributed by atoms with Crippen LogP contribution in [-0.4, -0.2) is 16.6 Å². The molecule has 2 rings (SSSR count). The third kappa shape index (κ3) is 2.31. The van der Waals surface area contributed by atoms with Gasteiger partial charge in [0.25, 0.3) is 0 Å². The summed E-state index contributed by atoms with van der Waals surface area (Å²) >= 11 is 0. The number of benzene rings is 1. The fourth-order valence-electron chi connectivity index (χ4n) is 2.24. The Kier molecular flexibility index (Phi) is 3.82. The first-order chi connectivity index (χ1) is 8.67. The summed E-state index contributed by atoms with van der Waals surface area (Å²) in [5.74, 6) is 1.07. The van der Waals surface area contributed by atoms with Gasteiger partial charge in [0.2, 0.25) is 0 Å². The van der Waals surface area contributed by atoms with Gasteiger partial charge in [-0.1, -0.05) is 18.2 Å². The van der Waals surface area contributed by atoms with Gasteiger partial charge in [-0.05, 0) is 44.5 Å². The molecule has 0 aliphatic carbocycles. The van der Waals surface area contributed by atoms with Gasteiger partial charge in [0.05, 0.1) is 6.04 Å². The van der Waals surface area contributed by atoms with Crippen LogP contribution in [0.25, 0.3) is 0 Å². The molecule has 0 aliphatic heterocycles. The van der Waals surface area contributed by atoms with E-state index in [0.717, 1.165) is 12.4 Å². The van der Waals surface area contributed by atoms with Gasteiger partial charge >= 0.3 is 0 Å². The lowest BCUT2D eigenvalue weighted by Crippen LogP contribution is -2.22.